The average Bonchev–Trinajstić information content (AvgIpc) is 4.14. The molecule has 0 fully saturated rings. The molecule has 0 bridgehead atoms. The second-order valence-electron chi connectivity index (χ2n) is 21.0. The van der Waals surface area contributed by atoms with Gasteiger partial charge in [0, 0.05) is 137 Å². The first kappa shape index (κ1) is 72.7. The number of hydrogen-bond acceptors (Lipinski definition) is 16. The van der Waals surface area contributed by atoms with Crippen LogP contribution in [0.1, 0.15) is 92.0 Å². The van der Waals surface area contributed by atoms with Gasteiger partial charge in [0.05, 0.1) is 37.0 Å². The molecule has 3 heterocycles. The van der Waals surface area contributed by atoms with Gasteiger partial charge in [0.2, 0.25) is 0 Å². The molecule has 4 aromatic carbocycles. The molecular weight excluding hydrogens is 1090 g/mol. The summed E-state index contributed by atoms with van der Waals surface area (Å²) in [4.78, 5) is 32.1. The highest BCUT2D eigenvalue weighted by atomic mass is 32.2. The van der Waals surface area contributed by atoms with E-state index in [4.69, 9.17) is 4.18 Å². The lowest BCUT2D eigenvalue weighted by atomic mass is 9.97. The molecule has 0 aliphatic carbocycles. The van der Waals surface area contributed by atoms with Crippen LogP contribution in [-0.4, -0.2) is 89.1 Å². The second-order valence-corrected chi connectivity index (χ2v) is 22.5. The van der Waals surface area contributed by atoms with Gasteiger partial charge in [-0.3, -0.25) is 44.4 Å². The largest absolute Gasteiger partial charge is 0.388 e. The number of nitrogens with one attached hydrogen (secondary N) is 2. The summed E-state index contributed by atoms with van der Waals surface area (Å²) in [5.74, 6) is 18.7. The van der Waals surface area contributed by atoms with E-state index in [0.29, 0.717) is 33.8 Å². The molecule has 0 amide bonds. The van der Waals surface area contributed by atoms with Crippen molar-refractivity contribution in [2.24, 2.45) is 48.9 Å². The molecule has 445 valence electrons. The van der Waals surface area contributed by atoms with Crippen LogP contribution >= 0.6 is 0 Å². The molecule has 0 saturated carbocycles. The number of rotatable bonds is 11. The van der Waals surface area contributed by atoms with E-state index in [0.717, 1.165) is 28.1 Å². The fourth-order valence-electron chi connectivity index (χ4n) is 6.98. The number of hydrogen-bond donors (Lipinski definition) is 4. The van der Waals surface area contributed by atoms with Gasteiger partial charge in [-0.2, -0.15) is 23.7 Å². The van der Waals surface area contributed by atoms with Crippen molar-refractivity contribution in [2.45, 2.75) is 81.6 Å². The van der Waals surface area contributed by atoms with Crippen molar-refractivity contribution in [3.8, 4) is 75.0 Å². The second kappa shape index (κ2) is 31.2. The molecule has 7 rings (SSSR count). The highest BCUT2D eigenvalue weighted by Crippen LogP contribution is 2.37. The highest BCUT2D eigenvalue weighted by molar-refractivity contribution is 7.87. The Labute approximate surface area is 495 Å². The zero-order valence-corrected chi connectivity index (χ0v) is 50.9. The molecule has 3 radical (unpaired) electrons. The van der Waals surface area contributed by atoms with E-state index < -0.39 is 24.9 Å². The van der Waals surface area contributed by atoms with Crippen molar-refractivity contribution in [1.82, 2.24) is 29.3 Å². The van der Waals surface area contributed by atoms with Crippen molar-refractivity contribution >= 4 is 47.0 Å². The lowest BCUT2D eigenvalue weighted by molar-refractivity contribution is -0.385. The minimum absolute atomic E-state index is 0. The first-order valence-corrected chi connectivity index (χ1v) is 26.8. The molecule has 22 nitrogen and oxygen atoms in total. The number of anilines is 2. The topological polar surface area (TPSA) is 302 Å². The first-order valence-electron chi connectivity index (χ1n) is 25.4. The van der Waals surface area contributed by atoms with Crippen LogP contribution in [0, 0.1) is 89.0 Å². The smallest absolute Gasteiger partial charge is 0.339 e. The van der Waals surface area contributed by atoms with E-state index in [-0.39, 0.29) is 65.4 Å². The summed E-state index contributed by atoms with van der Waals surface area (Å²) in [5, 5.41) is 52.9. The minimum Gasteiger partial charge on any atom is -0.388 e. The molecule has 24 heteroatoms. The Bertz CT molecular complexity index is 3580. The van der Waals surface area contributed by atoms with Gasteiger partial charge in [-0.25, -0.2) is 0 Å². The van der Waals surface area contributed by atoms with Crippen molar-refractivity contribution in [1.29, 1.82) is 0 Å². The first-order chi connectivity index (χ1) is 38.3. The summed E-state index contributed by atoms with van der Waals surface area (Å²) in [6.45, 7) is 19.9. The number of aryl methyl sites for hydroxylation is 4. The molecule has 0 aliphatic rings. The normalized spacial score (nSPS) is 10.5. The van der Waals surface area contributed by atoms with Crippen LogP contribution in [0.5, 0.6) is 5.75 Å². The number of benzene rings is 4. The molecule has 3 aromatic heterocycles. The quantitative estimate of drug-likeness (QED) is 0.0308. The Balaban J connectivity index is 0.000000615. The standard InChI is InChI=1S/C23H23N3O5S.2C17H20N4O2.2CH5N.CH4.B/c1-16-6-9-19(10-7-16)32(29,30)31-21-11-8-18(26(27)28)14-20(21)22-17(15-25(5)24-22)12-13-23(2,3)4;2*1-17(2,3)9-8-12-11-20(5)19-16(12)14-10-13(21(22)23)6-7-15(14)18-4;2*1-2;;/h6-11,14-15H,1-5H3;2*6-7,10-11,18H,1-5H3;2*2H2,1H3;1H4;. The minimum atomic E-state index is -4.18. The Hall–Kier alpha value is -9.28. The number of nitrogens with zero attached hydrogens (tertiary/aromatic N) is 9. The lowest BCUT2D eigenvalue weighted by Gasteiger charge is -2.11. The van der Waals surface area contributed by atoms with Crippen molar-refractivity contribution in [3.63, 3.8) is 0 Å². The maximum absolute atomic E-state index is 12.9. The SMILES string of the molecule is C.CN.CN.CNc1ccc([N+](=O)[O-])cc1-c1nn(C)cc1C#CC(C)(C)C.CNc1ccc([N+](=O)[O-])cc1-c1nn(C)cc1C#CC(C)(C)C.Cc1ccc(S(=O)(=O)Oc2ccc([N+](=O)[O-])cc2-c2nn(C)cc2C#CC(C)(C)C)cc1.[B]. The van der Waals surface area contributed by atoms with E-state index in [9.17, 15) is 38.8 Å². The van der Waals surface area contributed by atoms with E-state index in [2.05, 4.69) is 72.9 Å². The monoisotopic (exact) mass is 1170 g/mol. The van der Waals surface area contributed by atoms with Crippen LogP contribution in [0.2, 0.25) is 0 Å². The van der Waals surface area contributed by atoms with Gasteiger partial charge in [0.1, 0.15) is 22.0 Å². The summed E-state index contributed by atoms with van der Waals surface area (Å²) in [6, 6.07) is 19.2. The maximum atomic E-state index is 12.9. The summed E-state index contributed by atoms with van der Waals surface area (Å²) in [7, 11) is 7.67. The van der Waals surface area contributed by atoms with Gasteiger partial charge in [0.25, 0.3) is 17.1 Å². The van der Waals surface area contributed by atoms with Crippen LogP contribution in [0.4, 0.5) is 28.4 Å². The van der Waals surface area contributed by atoms with Gasteiger partial charge in [-0.1, -0.05) is 60.6 Å². The molecular formula is C60H77BN13O9S. The van der Waals surface area contributed by atoms with Crippen LogP contribution < -0.4 is 26.3 Å². The fraction of sp³-hybridized carbons (Fsp3) is 0.350. The molecule has 0 aliphatic heterocycles. The lowest BCUT2D eigenvalue weighted by Crippen LogP contribution is -2.10. The zero-order chi connectivity index (χ0) is 62.1. The van der Waals surface area contributed by atoms with Gasteiger partial charge in [-0.15, -0.1) is 0 Å². The number of nitro groups is 3. The van der Waals surface area contributed by atoms with E-state index in [1.165, 1.54) is 73.4 Å². The molecule has 0 unspecified atom stereocenters. The highest BCUT2D eigenvalue weighted by Gasteiger charge is 2.25. The van der Waals surface area contributed by atoms with Gasteiger partial charge >= 0.3 is 10.1 Å². The predicted molar refractivity (Wildman–Crippen MR) is 336 cm³/mol. The Morgan fingerprint density at radius 2 is 0.821 bits per heavy atom. The number of nitrogens with two attached hydrogens (primary N) is 2. The number of non-ortho nitro benzene ring substituents is 3. The number of aromatic nitrogens is 6. The molecule has 7 aromatic rings. The van der Waals surface area contributed by atoms with Crippen LogP contribution in [0.3, 0.4) is 0 Å². The summed E-state index contributed by atoms with van der Waals surface area (Å²) >= 11 is 0. The maximum Gasteiger partial charge on any atom is 0.339 e. The molecule has 0 atom stereocenters. The van der Waals surface area contributed by atoms with Gasteiger partial charge in [-0.05, 0) is 114 Å². The molecule has 6 N–H and O–H groups in total. The molecule has 0 spiro atoms. The van der Waals surface area contributed by atoms with Crippen LogP contribution in [-0.2, 0) is 31.3 Å². The predicted octanol–water partition coefficient (Wildman–Crippen LogP) is 10.7. The van der Waals surface area contributed by atoms with Crippen molar-refractivity contribution in [2.75, 3.05) is 38.8 Å². The summed E-state index contributed by atoms with van der Waals surface area (Å²) < 4.78 is 36.0. The third-order valence-electron chi connectivity index (χ3n) is 10.6. The molecule has 84 heavy (non-hydrogen) atoms. The van der Waals surface area contributed by atoms with Crippen molar-refractivity contribution in [3.05, 3.63) is 150 Å². The van der Waals surface area contributed by atoms with Crippen LogP contribution in [0.25, 0.3) is 33.8 Å². The average molecular weight is 1170 g/mol. The van der Waals surface area contributed by atoms with E-state index >= 15 is 0 Å². The third kappa shape index (κ3) is 21.2. The fourth-order valence-corrected chi connectivity index (χ4v) is 7.93. The number of nitro benzene ring substituents is 3. The van der Waals surface area contributed by atoms with E-state index in [1.807, 2.05) is 95.7 Å². The zero-order valence-electron chi connectivity index (χ0n) is 50.1. The van der Waals surface area contributed by atoms with Gasteiger partial charge < -0.3 is 26.3 Å². The van der Waals surface area contributed by atoms with Crippen LogP contribution in [0.15, 0.2) is 102 Å². The van der Waals surface area contributed by atoms with E-state index in [1.54, 1.807) is 61.0 Å². The Morgan fingerprint density at radius 3 is 1.12 bits per heavy atom. The summed E-state index contributed by atoms with van der Waals surface area (Å²) in [6.07, 6.45) is 5.32. The third-order valence-corrected chi connectivity index (χ3v) is 11.9. The van der Waals surface area contributed by atoms with Gasteiger partial charge in [0.15, 0.2) is 5.75 Å². The summed E-state index contributed by atoms with van der Waals surface area (Å²) in [5.41, 5.74) is 15.8. The Kier molecular flexibility index (Phi) is 27.0. The van der Waals surface area contributed by atoms with Crippen molar-refractivity contribution < 1.29 is 27.4 Å². The molecule has 0 saturated heterocycles. The Morgan fingerprint density at radius 1 is 0.524 bits per heavy atom.